The van der Waals surface area contributed by atoms with Gasteiger partial charge in [0, 0.05) is 17.0 Å². The molecule has 1 aromatic carbocycles. The molecule has 18 heavy (non-hydrogen) atoms. The van der Waals surface area contributed by atoms with E-state index in [0.717, 1.165) is 19.3 Å². The lowest BCUT2D eigenvalue weighted by molar-refractivity contribution is -0.120. The third-order valence-electron chi connectivity index (χ3n) is 3.27. The second-order valence-corrected chi connectivity index (χ2v) is 5.17. The van der Waals surface area contributed by atoms with Gasteiger partial charge in [-0.1, -0.05) is 18.0 Å². The zero-order valence-electron chi connectivity index (χ0n) is 9.96. The third kappa shape index (κ3) is 3.21. The average molecular weight is 271 g/mol. The summed E-state index contributed by atoms with van der Waals surface area (Å²) in [6.45, 7) is 0. The summed E-state index contributed by atoms with van der Waals surface area (Å²) in [6.07, 6.45) is 3.36. The minimum Gasteiger partial charge on any atom is -0.328 e. The van der Waals surface area contributed by atoms with Crippen LogP contribution in [0.4, 0.5) is 10.1 Å². The van der Waals surface area contributed by atoms with Gasteiger partial charge in [-0.2, -0.15) is 0 Å². The van der Waals surface area contributed by atoms with Gasteiger partial charge in [0.2, 0.25) is 5.91 Å². The van der Waals surface area contributed by atoms with E-state index in [1.165, 1.54) is 18.2 Å². The topological polar surface area (TPSA) is 55.1 Å². The summed E-state index contributed by atoms with van der Waals surface area (Å²) in [4.78, 5) is 12.0. The van der Waals surface area contributed by atoms with E-state index in [0.29, 0.717) is 11.4 Å². The Morgan fingerprint density at radius 1 is 1.44 bits per heavy atom. The van der Waals surface area contributed by atoms with E-state index < -0.39 is 5.82 Å². The van der Waals surface area contributed by atoms with E-state index in [-0.39, 0.29) is 23.6 Å². The Morgan fingerprint density at radius 3 is 2.94 bits per heavy atom. The molecule has 0 aromatic heterocycles. The van der Waals surface area contributed by atoms with Crippen LogP contribution in [-0.4, -0.2) is 11.9 Å². The summed E-state index contributed by atoms with van der Waals surface area (Å²) >= 11 is 5.77. The van der Waals surface area contributed by atoms with Crippen molar-refractivity contribution in [2.24, 2.45) is 11.7 Å². The van der Waals surface area contributed by atoms with Crippen molar-refractivity contribution in [1.29, 1.82) is 0 Å². The molecule has 2 unspecified atom stereocenters. The summed E-state index contributed by atoms with van der Waals surface area (Å²) in [6, 6.07) is 4.17. The number of rotatable bonds is 2. The van der Waals surface area contributed by atoms with Gasteiger partial charge < -0.3 is 11.1 Å². The Labute approximate surface area is 111 Å². The number of nitrogens with one attached hydrogen (secondary N) is 1. The van der Waals surface area contributed by atoms with Gasteiger partial charge >= 0.3 is 0 Å². The lowest BCUT2D eigenvalue weighted by Crippen LogP contribution is -2.34. The first-order chi connectivity index (χ1) is 8.56. The number of carbonyl (C=O) groups excluding carboxylic acids is 1. The number of hydrogen-bond donors (Lipinski definition) is 2. The number of benzene rings is 1. The largest absolute Gasteiger partial charge is 0.328 e. The standard InChI is InChI=1S/C13H16ClFN2O/c14-9-4-5-11(15)12(7-9)17-13(18)8-2-1-3-10(16)6-8/h4-5,7-8,10H,1-3,6,16H2,(H,17,18). The van der Waals surface area contributed by atoms with Crippen molar-refractivity contribution in [1.82, 2.24) is 0 Å². The molecular formula is C13H16ClFN2O. The minimum atomic E-state index is -0.479. The molecule has 1 amide bonds. The van der Waals surface area contributed by atoms with Crippen LogP contribution in [0.2, 0.25) is 5.02 Å². The molecule has 1 aliphatic rings. The van der Waals surface area contributed by atoms with E-state index in [2.05, 4.69) is 5.32 Å². The Morgan fingerprint density at radius 2 is 2.22 bits per heavy atom. The molecule has 0 bridgehead atoms. The van der Waals surface area contributed by atoms with Crippen LogP contribution in [0, 0.1) is 11.7 Å². The Balaban J connectivity index is 2.04. The molecule has 2 rings (SSSR count). The number of carbonyl (C=O) groups is 1. The van der Waals surface area contributed by atoms with Gasteiger partial charge in [-0.3, -0.25) is 4.79 Å². The van der Waals surface area contributed by atoms with Crippen LogP contribution in [0.1, 0.15) is 25.7 Å². The molecule has 0 saturated heterocycles. The number of hydrogen-bond acceptors (Lipinski definition) is 2. The average Bonchev–Trinajstić information content (AvgIpc) is 2.34. The summed E-state index contributed by atoms with van der Waals surface area (Å²) in [5.74, 6) is -0.786. The lowest BCUT2D eigenvalue weighted by Gasteiger charge is -2.25. The van der Waals surface area contributed by atoms with Crippen LogP contribution in [0.25, 0.3) is 0 Å². The fourth-order valence-electron chi connectivity index (χ4n) is 2.29. The van der Waals surface area contributed by atoms with E-state index in [4.69, 9.17) is 17.3 Å². The first kappa shape index (κ1) is 13.3. The summed E-state index contributed by atoms with van der Waals surface area (Å²) in [7, 11) is 0. The van der Waals surface area contributed by atoms with E-state index in [1.54, 1.807) is 0 Å². The predicted molar refractivity (Wildman–Crippen MR) is 70.0 cm³/mol. The highest BCUT2D eigenvalue weighted by Gasteiger charge is 2.25. The van der Waals surface area contributed by atoms with Crippen molar-refractivity contribution in [2.45, 2.75) is 31.7 Å². The molecule has 1 aromatic rings. The summed E-state index contributed by atoms with van der Waals surface area (Å²) in [5, 5.41) is 2.98. The number of anilines is 1. The molecule has 1 saturated carbocycles. The normalized spacial score (nSPS) is 23.7. The highest BCUT2D eigenvalue weighted by Crippen LogP contribution is 2.26. The molecule has 3 nitrogen and oxygen atoms in total. The maximum atomic E-state index is 13.5. The number of halogens is 2. The SMILES string of the molecule is NC1CCCC(C(=O)Nc2cc(Cl)ccc2F)C1. The van der Waals surface area contributed by atoms with Crippen LogP contribution >= 0.6 is 11.6 Å². The van der Waals surface area contributed by atoms with Crippen LogP contribution < -0.4 is 11.1 Å². The Hall–Kier alpha value is -1.13. The zero-order chi connectivity index (χ0) is 13.1. The number of amides is 1. The van der Waals surface area contributed by atoms with E-state index in [1.807, 2.05) is 0 Å². The lowest BCUT2D eigenvalue weighted by atomic mass is 9.85. The van der Waals surface area contributed by atoms with Crippen LogP contribution in [0.3, 0.4) is 0 Å². The van der Waals surface area contributed by atoms with Crippen molar-refractivity contribution >= 4 is 23.2 Å². The van der Waals surface area contributed by atoms with Crippen LogP contribution in [-0.2, 0) is 4.79 Å². The molecule has 0 heterocycles. The van der Waals surface area contributed by atoms with Gasteiger partial charge in [-0.05, 0) is 37.5 Å². The van der Waals surface area contributed by atoms with Crippen LogP contribution in [0.5, 0.6) is 0 Å². The second-order valence-electron chi connectivity index (χ2n) is 4.74. The van der Waals surface area contributed by atoms with Gasteiger partial charge in [0.05, 0.1) is 5.69 Å². The third-order valence-corrected chi connectivity index (χ3v) is 3.51. The molecule has 98 valence electrons. The fourth-order valence-corrected chi connectivity index (χ4v) is 2.47. The molecular weight excluding hydrogens is 255 g/mol. The van der Waals surface area contributed by atoms with Crippen LogP contribution in [0.15, 0.2) is 18.2 Å². The van der Waals surface area contributed by atoms with Crippen molar-refractivity contribution in [2.75, 3.05) is 5.32 Å². The summed E-state index contributed by atoms with van der Waals surface area (Å²) in [5.41, 5.74) is 5.97. The first-order valence-corrected chi connectivity index (χ1v) is 6.45. The molecule has 0 radical (unpaired) electrons. The quantitative estimate of drug-likeness (QED) is 0.868. The predicted octanol–water partition coefficient (Wildman–Crippen LogP) is 2.94. The second kappa shape index (κ2) is 5.67. The first-order valence-electron chi connectivity index (χ1n) is 6.08. The van der Waals surface area contributed by atoms with Crippen molar-refractivity contribution in [3.8, 4) is 0 Å². The summed E-state index contributed by atoms with van der Waals surface area (Å²) < 4.78 is 13.5. The van der Waals surface area contributed by atoms with Crippen molar-refractivity contribution in [3.63, 3.8) is 0 Å². The van der Waals surface area contributed by atoms with Crippen molar-refractivity contribution < 1.29 is 9.18 Å². The van der Waals surface area contributed by atoms with Gasteiger partial charge in [-0.15, -0.1) is 0 Å². The zero-order valence-corrected chi connectivity index (χ0v) is 10.7. The fraction of sp³-hybridized carbons (Fsp3) is 0.462. The smallest absolute Gasteiger partial charge is 0.227 e. The molecule has 1 fully saturated rings. The Bertz CT molecular complexity index is 453. The number of nitrogens with two attached hydrogens (primary N) is 1. The van der Waals surface area contributed by atoms with Gasteiger partial charge in [0.25, 0.3) is 0 Å². The maximum Gasteiger partial charge on any atom is 0.227 e. The molecule has 5 heteroatoms. The monoisotopic (exact) mass is 270 g/mol. The van der Waals surface area contributed by atoms with Gasteiger partial charge in [0.1, 0.15) is 5.82 Å². The highest BCUT2D eigenvalue weighted by molar-refractivity contribution is 6.30. The van der Waals surface area contributed by atoms with Gasteiger partial charge in [-0.25, -0.2) is 4.39 Å². The highest BCUT2D eigenvalue weighted by atomic mass is 35.5. The van der Waals surface area contributed by atoms with E-state index >= 15 is 0 Å². The molecule has 2 atom stereocenters. The molecule has 3 N–H and O–H groups in total. The van der Waals surface area contributed by atoms with E-state index in [9.17, 15) is 9.18 Å². The van der Waals surface area contributed by atoms with Gasteiger partial charge in [0.15, 0.2) is 0 Å². The minimum absolute atomic E-state index is 0.0682. The molecule has 0 spiro atoms. The molecule has 1 aliphatic carbocycles. The van der Waals surface area contributed by atoms with Crippen molar-refractivity contribution in [3.05, 3.63) is 29.0 Å². The Kier molecular flexibility index (Phi) is 4.19. The molecule has 0 aliphatic heterocycles. The maximum absolute atomic E-state index is 13.5.